The van der Waals surface area contributed by atoms with Gasteiger partial charge in [-0.15, -0.1) is 0 Å². The number of fused-ring (bicyclic) bond motifs is 1. The molecule has 0 atom stereocenters. The largest absolute Gasteiger partial charge is 0.378 e. The van der Waals surface area contributed by atoms with Crippen LogP contribution in [0.3, 0.4) is 0 Å². The maximum atomic E-state index is 14.2. The Morgan fingerprint density at radius 3 is 2.74 bits per heavy atom. The van der Waals surface area contributed by atoms with Crippen LogP contribution in [0.1, 0.15) is 0 Å². The number of nitrogens with zero attached hydrogens (tertiary/aromatic N) is 4. The van der Waals surface area contributed by atoms with E-state index in [1.165, 1.54) is 6.07 Å². The predicted octanol–water partition coefficient (Wildman–Crippen LogP) is 3.13. The van der Waals surface area contributed by atoms with E-state index >= 15 is 0 Å². The van der Waals surface area contributed by atoms with Crippen LogP contribution < -0.4 is 4.90 Å². The molecule has 0 unspecified atom stereocenters. The van der Waals surface area contributed by atoms with Crippen LogP contribution in [0.15, 0.2) is 41.0 Å². The molecule has 3 heterocycles. The first kappa shape index (κ1) is 14.6. The first-order valence-corrected chi connectivity index (χ1v) is 8.14. The Balaban J connectivity index is 1.81. The van der Waals surface area contributed by atoms with Crippen molar-refractivity contribution in [1.82, 2.24) is 14.6 Å². The molecule has 1 saturated heterocycles. The smallest absolute Gasteiger partial charge is 0.157 e. The van der Waals surface area contributed by atoms with Gasteiger partial charge in [0.1, 0.15) is 11.6 Å². The van der Waals surface area contributed by atoms with Crippen molar-refractivity contribution >= 4 is 27.4 Å². The summed E-state index contributed by atoms with van der Waals surface area (Å²) < 4.78 is 22.1. The molecule has 0 spiro atoms. The fourth-order valence-corrected chi connectivity index (χ4v) is 3.08. The third-order valence-electron chi connectivity index (χ3n) is 3.88. The second-order valence-corrected chi connectivity index (χ2v) is 6.24. The van der Waals surface area contributed by atoms with Crippen LogP contribution in [0.4, 0.5) is 10.2 Å². The summed E-state index contributed by atoms with van der Waals surface area (Å²) in [5.41, 5.74) is 1.74. The Kier molecular flexibility index (Phi) is 3.74. The summed E-state index contributed by atoms with van der Waals surface area (Å²) >= 11 is 3.27. The van der Waals surface area contributed by atoms with Crippen molar-refractivity contribution in [3.8, 4) is 11.3 Å². The second-order valence-electron chi connectivity index (χ2n) is 5.33. The van der Waals surface area contributed by atoms with Crippen LogP contribution >= 0.6 is 15.9 Å². The first-order valence-electron chi connectivity index (χ1n) is 7.35. The number of ether oxygens (including phenoxy) is 1. The van der Waals surface area contributed by atoms with Gasteiger partial charge in [0.25, 0.3) is 0 Å². The molecule has 5 nitrogen and oxygen atoms in total. The van der Waals surface area contributed by atoms with Gasteiger partial charge in [0.2, 0.25) is 0 Å². The molecule has 1 aliphatic rings. The van der Waals surface area contributed by atoms with E-state index in [9.17, 15) is 4.39 Å². The highest BCUT2D eigenvalue weighted by Crippen LogP contribution is 2.27. The summed E-state index contributed by atoms with van der Waals surface area (Å²) in [5, 5.41) is 4.56. The SMILES string of the molecule is Fc1cc(Br)ccc1-c1cc2nccc(N3CCOCC3)n2n1. The first-order chi connectivity index (χ1) is 11.2. The summed E-state index contributed by atoms with van der Waals surface area (Å²) in [6.45, 7) is 3.00. The molecular formula is C16H14BrFN4O. The van der Waals surface area contributed by atoms with Crippen LogP contribution in [-0.4, -0.2) is 40.9 Å². The number of hydrogen-bond donors (Lipinski definition) is 0. The highest BCUT2D eigenvalue weighted by molar-refractivity contribution is 9.10. The molecular weight excluding hydrogens is 363 g/mol. The van der Waals surface area contributed by atoms with Crippen molar-refractivity contribution in [3.05, 3.63) is 46.8 Å². The molecule has 0 N–H and O–H groups in total. The number of rotatable bonds is 2. The minimum absolute atomic E-state index is 0.310. The number of morpholine rings is 1. The lowest BCUT2D eigenvalue weighted by atomic mass is 10.1. The van der Waals surface area contributed by atoms with E-state index in [0.29, 0.717) is 34.6 Å². The molecule has 118 valence electrons. The number of halogens is 2. The lowest BCUT2D eigenvalue weighted by Crippen LogP contribution is -2.37. The molecule has 23 heavy (non-hydrogen) atoms. The lowest BCUT2D eigenvalue weighted by Gasteiger charge is -2.28. The zero-order chi connectivity index (χ0) is 15.8. The summed E-state index contributed by atoms with van der Waals surface area (Å²) in [7, 11) is 0. The number of hydrogen-bond acceptors (Lipinski definition) is 4. The molecule has 1 fully saturated rings. The minimum Gasteiger partial charge on any atom is -0.378 e. The molecule has 0 aliphatic carbocycles. The van der Waals surface area contributed by atoms with Crippen LogP contribution in [0, 0.1) is 5.82 Å². The highest BCUT2D eigenvalue weighted by atomic mass is 79.9. The van der Waals surface area contributed by atoms with E-state index in [1.807, 2.05) is 6.07 Å². The van der Waals surface area contributed by atoms with Gasteiger partial charge < -0.3 is 9.64 Å². The molecule has 7 heteroatoms. The van der Waals surface area contributed by atoms with Gasteiger partial charge in [-0.3, -0.25) is 0 Å². The van der Waals surface area contributed by atoms with Gasteiger partial charge in [0, 0.05) is 35.4 Å². The van der Waals surface area contributed by atoms with E-state index in [0.717, 1.165) is 18.9 Å². The van der Waals surface area contributed by atoms with Crippen LogP contribution in [0.25, 0.3) is 16.9 Å². The summed E-state index contributed by atoms with van der Waals surface area (Å²) in [6.07, 6.45) is 1.75. The fraction of sp³-hybridized carbons (Fsp3) is 0.250. The molecule has 0 saturated carbocycles. The maximum absolute atomic E-state index is 14.2. The third kappa shape index (κ3) is 2.70. The van der Waals surface area contributed by atoms with Crippen molar-refractivity contribution in [3.63, 3.8) is 0 Å². The van der Waals surface area contributed by atoms with Crippen LogP contribution in [0.5, 0.6) is 0 Å². The average Bonchev–Trinajstić information content (AvgIpc) is 2.99. The van der Waals surface area contributed by atoms with Gasteiger partial charge in [-0.25, -0.2) is 9.37 Å². The molecule has 0 amide bonds. The lowest BCUT2D eigenvalue weighted by molar-refractivity contribution is 0.122. The van der Waals surface area contributed by atoms with Crippen molar-refractivity contribution in [2.75, 3.05) is 31.2 Å². The Morgan fingerprint density at radius 1 is 1.13 bits per heavy atom. The van der Waals surface area contributed by atoms with Gasteiger partial charge in [-0.2, -0.15) is 9.61 Å². The van der Waals surface area contributed by atoms with Crippen molar-refractivity contribution in [2.45, 2.75) is 0 Å². The molecule has 4 rings (SSSR count). The number of aromatic nitrogens is 3. The standard InChI is InChI=1S/C16H14BrFN4O/c17-11-1-2-12(13(18)9-11)14-10-15-19-4-3-16(22(15)20-14)21-5-7-23-8-6-21/h1-4,9-10H,5-8H2. The number of anilines is 1. The molecule has 3 aromatic rings. The zero-order valence-electron chi connectivity index (χ0n) is 12.2. The Bertz CT molecular complexity index is 860. The Hall–Kier alpha value is -1.99. The van der Waals surface area contributed by atoms with E-state index < -0.39 is 0 Å². The maximum Gasteiger partial charge on any atom is 0.157 e. The highest BCUT2D eigenvalue weighted by Gasteiger charge is 2.17. The Labute approximate surface area is 140 Å². The number of benzene rings is 1. The van der Waals surface area contributed by atoms with E-state index in [2.05, 4.69) is 30.9 Å². The second kappa shape index (κ2) is 5.90. The quantitative estimate of drug-likeness (QED) is 0.688. The molecule has 0 radical (unpaired) electrons. The summed E-state index contributed by atoms with van der Waals surface area (Å²) in [5.74, 6) is 0.637. The Morgan fingerprint density at radius 2 is 1.96 bits per heavy atom. The average molecular weight is 377 g/mol. The van der Waals surface area contributed by atoms with Gasteiger partial charge in [-0.1, -0.05) is 15.9 Å². The molecule has 0 bridgehead atoms. The van der Waals surface area contributed by atoms with Crippen molar-refractivity contribution in [2.24, 2.45) is 0 Å². The topological polar surface area (TPSA) is 42.7 Å². The van der Waals surface area contributed by atoms with Gasteiger partial charge in [0.05, 0.1) is 18.9 Å². The van der Waals surface area contributed by atoms with Crippen LogP contribution in [-0.2, 0) is 4.74 Å². The molecule has 1 aromatic carbocycles. The van der Waals surface area contributed by atoms with Gasteiger partial charge >= 0.3 is 0 Å². The monoisotopic (exact) mass is 376 g/mol. The van der Waals surface area contributed by atoms with E-state index in [-0.39, 0.29) is 5.82 Å². The van der Waals surface area contributed by atoms with Crippen molar-refractivity contribution in [1.29, 1.82) is 0 Å². The normalized spacial score (nSPS) is 15.3. The van der Waals surface area contributed by atoms with E-state index in [1.54, 1.807) is 28.9 Å². The molecule has 1 aliphatic heterocycles. The molecule has 2 aromatic heterocycles. The van der Waals surface area contributed by atoms with Gasteiger partial charge in [0.15, 0.2) is 5.65 Å². The van der Waals surface area contributed by atoms with Crippen molar-refractivity contribution < 1.29 is 9.13 Å². The summed E-state index contributed by atoms with van der Waals surface area (Å²) in [6, 6.07) is 8.69. The van der Waals surface area contributed by atoms with Gasteiger partial charge in [-0.05, 0) is 24.3 Å². The fourth-order valence-electron chi connectivity index (χ4n) is 2.74. The van der Waals surface area contributed by atoms with Crippen LogP contribution in [0.2, 0.25) is 0 Å². The summed E-state index contributed by atoms with van der Waals surface area (Å²) in [4.78, 5) is 6.54. The minimum atomic E-state index is -0.310. The van der Waals surface area contributed by atoms with E-state index in [4.69, 9.17) is 4.74 Å². The zero-order valence-corrected chi connectivity index (χ0v) is 13.8. The predicted molar refractivity (Wildman–Crippen MR) is 89.1 cm³/mol. The third-order valence-corrected chi connectivity index (χ3v) is 4.37.